The number of hydrazine groups is 1. The highest BCUT2D eigenvalue weighted by Crippen LogP contribution is 2.30. The molecule has 122 valence electrons. The van der Waals surface area contributed by atoms with Crippen LogP contribution in [0.3, 0.4) is 0 Å². The zero-order chi connectivity index (χ0) is 14.7. The Morgan fingerprint density at radius 3 is 2.67 bits per heavy atom. The fraction of sp³-hybridized carbons (Fsp3) is 1.00. The quantitative estimate of drug-likeness (QED) is 0.721. The molecule has 2 saturated heterocycles. The average Bonchev–Trinajstić information content (AvgIpc) is 3.08. The van der Waals surface area contributed by atoms with Crippen LogP contribution in [-0.4, -0.2) is 38.0 Å². The predicted octanol–water partition coefficient (Wildman–Crippen LogP) is 1.65. The van der Waals surface area contributed by atoms with E-state index in [1.165, 1.54) is 0 Å². The molecule has 21 heavy (non-hydrogen) atoms. The van der Waals surface area contributed by atoms with Crippen molar-refractivity contribution in [2.24, 2.45) is 11.8 Å². The van der Waals surface area contributed by atoms with E-state index in [9.17, 15) is 4.39 Å². The summed E-state index contributed by atoms with van der Waals surface area (Å²) in [7, 11) is 0. The summed E-state index contributed by atoms with van der Waals surface area (Å²) in [5, 5.41) is 3.35. The smallest absolute Gasteiger partial charge is 0.178 e. The Morgan fingerprint density at radius 1 is 1.14 bits per heavy atom. The van der Waals surface area contributed by atoms with Crippen LogP contribution >= 0.6 is 0 Å². The third-order valence-corrected chi connectivity index (χ3v) is 5.04. The van der Waals surface area contributed by atoms with Crippen molar-refractivity contribution in [1.82, 2.24) is 16.2 Å². The zero-order valence-corrected chi connectivity index (χ0v) is 12.8. The molecule has 0 amide bonds. The van der Waals surface area contributed by atoms with Gasteiger partial charge in [0.05, 0.1) is 6.10 Å². The summed E-state index contributed by atoms with van der Waals surface area (Å²) in [5.74, 6) is 1.19. The molecule has 3 fully saturated rings. The minimum Gasteiger partial charge on any atom is -0.377 e. The Morgan fingerprint density at radius 2 is 1.95 bits per heavy atom. The number of alkyl halides is 1. The van der Waals surface area contributed by atoms with Gasteiger partial charge < -0.3 is 9.47 Å². The number of halogens is 1. The third-order valence-electron chi connectivity index (χ3n) is 5.04. The van der Waals surface area contributed by atoms with Gasteiger partial charge in [-0.25, -0.2) is 15.2 Å². The number of rotatable bonds is 5. The minimum absolute atomic E-state index is 0.0191. The van der Waals surface area contributed by atoms with Crippen LogP contribution in [0.5, 0.6) is 0 Å². The highest BCUT2D eigenvalue weighted by molar-refractivity contribution is 4.78. The SMILES string of the molecule is CC1CCOC1CNC1NNC(CC2CCC(F)CC2)O1. The molecule has 4 atom stereocenters. The average molecular weight is 301 g/mol. The first-order valence-corrected chi connectivity index (χ1v) is 8.36. The first kappa shape index (κ1) is 15.6. The van der Waals surface area contributed by atoms with E-state index in [1.54, 1.807) is 0 Å². The maximum absolute atomic E-state index is 13.1. The molecule has 5 nitrogen and oxygen atoms in total. The van der Waals surface area contributed by atoms with Gasteiger partial charge in [0.15, 0.2) is 6.35 Å². The van der Waals surface area contributed by atoms with Crippen LogP contribution in [0.25, 0.3) is 0 Å². The maximum atomic E-state index is 13.1. The molecule has 3 N–H and O–H groups in total. The van der Waals surface area contributed by atoms with Gasteiger partial charge in [-0.3, -0.25) is 5.32 Å². The van der Waals surface area contributed by atoms with Gasteiger partial charge in [0, 0.05) is 13.2 Å². The van der Waals surface area contributed by atoms with E-state index in [0.717, 1.165) is 38.8 Å². The lowest BCUT2D eigenvalue weighted by Crippen LogP contribution is -2.45. The normalized spacial score (nSPS) is 44.3. The van der Waals surface area contributed by atoms with Crippen molar-refractivity contribution in [3.8, 4) is 0 Å². The summed E-state index contributed by atoms with van der Waals surface area (Å²) >= 11 is 0. The first-order valence-electron chi connectivity index (χ1n) is 8.36. The van der Waals surface area contributed by atoms with E-state index in [-0.39, 0.29) is 18.7 Å². The molecule has 2 aliphatic heterocycles. The zero-order valence-electron chi connectivity index (χ0n) is 12.8. The number of nitrogens with one attached hydrogen (secondary N) is 3. The minimum atomic E-state index is -0.584. The summed E-state index contributed by atoms with van der Waals surface area (Å²) < 4.78 is 24.7. The molecule has 0 aromatic rings. The Labute approximate surface area is 126 Å². The lowest BCUT2D eigenvalue weighted by molar-refractivity contribution is -0.00948. The molecule has 0 spiro atoms. The molecule has 0 radical (unpaired) electrons. The van der Waals surface area contributed by atoms with E-state index in [0.29, 0.717) is 24.7 Å². The molecule has 3 aliphatic rings. The molecule has 0 aromatic heterocycles. The van der Waals surface area contributed by atoms with Crippen LogP contribution in [0, 0.1) is 11.8 Å². The topological polar surface area (TPSA) is 54.5 Å². The first-order chi connectivity index (χ1) is 10.2. The third kappa shape index (κ3) is 4.36. The number of hydrogen-bond donors (Lipinski definition) is 3. The molecule has 6 heteroatoms. The molecule has 1 saturated carbocycles. The highest BCUT2D eigenvalue weighted by Gasteiger charge is 2.30. The van der Waals surface area contributed by atoms with Crippen LogP contribution in [0.15, 0.2) is 0 Å². The summed E-state index contributed by atoms with van der Waals surface area (Å²) in [6, 6.07) is 0. The van der Waals surface area contributed by atoms with Crippen LogP contribution in [0.4, 0.5) is 4.39 Å². The van der Waals surface area contributed by atoms with Crippen LogP contribution in [0.2, 0.25) is 0 Å². The fourth-order valence-electron chi connectivity index (χ4n) is 3.51. The van der Waals surface area contributed by atoms with Crippen molar-refractivity contribution in [3.05, 3.63) is 0 Å². The van der Waals surface area contributed by atoms with Gasteiger partial charge in [0.1, 0.15) is 12.4 Å². The molecule has 1 aliphatic carbocycles. The van der Waals surface area contributed by atoms with E-state index in [4.69, 9.17) is 9.47 Å². The van der Waals surface area contributed by atoms with Crippen LogP contribution < -0.4 is 16.2 Å². The Bertz CT molecular complexity index is 326. The number of hydrogen-bond acceptors (Lipinski definition) is 5. The van der Waals surface area contributed by atoms with Gasteiger partial charge in [-0.15, -0.1) is 0 Å². The van der Waals surface area contributed by atoms with Crippen molar-refractivity contribution >= 4 is 0 Å². The Kier molecular flexibility index (Phi) is 5.45. The highest BCUT2D eigenvalue weighted by atomic mass is 19.1. The van der Waals surface area contributed by atoms with Gasteiger partial charge in [-0.05, 0) is 50.4 Å². The molecular weight excluding hydrogens is 273 g/mol. The fourth-order valence-corrected chi connectivity index (χ4v) is 3.51. The lowest BCUT2D eigenvalue weighted by Gasteiger charge is -2.26. The second-order valence-electron chi connectivity index (χ2n) is 6.73. The number of ether oxygens (including phenoxy) is 2. The summed E-state index contributed by atoms with van der Waals surface area (Å²) in [6.45, 7) is 3.90. The monoisotopic (exact) mass is 301 g/mol. The van der Waals surface area contributed by atoms with E-state index in [2.05, 4.69) is 23.1 Å². The summed E-state index contributed by atoms with van der Waals surface area (Å²) in [5.41, 5.74) is 6.31. The Hall–Kier alpha value is -0.270. The Balaban J connectivity index is 1.33. The summed E-state index contributed by atoms with van der Waals surface area (Å²) in [6.07, 6.45) is 5.04. The summed E-state index contributed by atoms with van der Waals surface area (Å²) in [4.78, 5) is 0. The largest absolute Gasteiger partial charge is 0.377 e. The van der Waals surface area contributed by atoms with Gasteiger partial charge in [-0.2, -0.15) is 0 Å². The van der Waals surface area contributed by atoms with E-state index in [1.807, 2.05) is 0 Å². The van der Waals surface area contributed by atoms with Crippen molar-refractivity contribution in [2.45, 2.75) is 70.3 Å². The molecule has 2 heterocycles. The molecule has 0 bridgehead atoms. The maximum Gasteiger partial charge on any atom is 0.178 e. The van der Waals surface area contributed by atoms with E-state index < -0.39 is 6.17 Å². The van der Waals surface area contributed by atoms with Crippen molar-refractivity contribution < 1.29 is 13.9 Å². The van der Waals surface area contributed by atoms with Crippen molar-refractivity contribution in [2.75, 3.05) is 13.2 Å². The van der Waals surface area contributed by atoms with Gasteiger partial charge in [0.25, 0.3) is 0 Å². The van der Waals surface area contributed by atoms with Gasteiger partial charge in [-0.1, -0.05) is 6.92 Å². The standard InChI is InChI=1S/C15H28FN3O2/c1-10-6-7-20-13(10)9-17-15-19-18-14(21-15)8-11-2-4-12(16)5-3-11/h10-15,17-19H,2-9H2,1H3. The van der Waals surface area contributed by atoms with Crippen molar-refractivity contribution in [1.29, 1.82) is 0 Å². The molecule has 4 unspecified atom stereocenters. The second kappa shape index (κ2) is 7.33. The lowest BCUT2D eigenvalue weighted by atomic mass is 9.85. The van der Waals surface area contributed by atoms with Crippen molar-refractivity contribution in [3.63, 3.8) is 0 Å². The molecular formula is C15H28FN3O2. The molecule has 3 rings (SSSR count). The van der Waals surface area contributed by atoms with E-state index >= 15 is 0 Å². The second-order valence-corrected chi connectivity index (χ2v) is 6.73. The predicted molar refractivity (Wildman–Crippen MR) is 77.9 cm³/mol. The molecule has 0 aromatic carbocycles. The van der Waals surface area contributed by atoms with Crippen LogP contribution in [0.1, 0.15) is 45.4 Å². The van der Waals surface area contributed by atoms with Gasteiger partial charge >= 0.3 is 0 Å². The van der Waals surface area contributed by atoms with Gasteiger partial charge in [0.2, 0.25) is 0 Å². The van der Waals surface area contributed by atoms with Crippen LogP contribution in [-0.2, 0) is 9.47 Å².